The number of fused-ring (bicyclic) bond motifs is 2. The summed E-state index contributed by atoms with van der Waals surface area (Å²) in [6.45, 7) is 5.22. The molecule has 1 atom stereocenters. The van der Waals surface area contributed by atoms with E-state index in [1.807, 2.05) is 11.8 Å². The van der Waals surface area contributed by atoms with Crippen molar-refractivity contribution in [2.45, 2.75) is 57.1 Å². The Morgan fingerprint density at radius 3 is 2.93 bits per heavy atom. The maximum absolute atomic E-state index is 13.5. The van der Waals surface area contributed by atoms with Gasteiger partial charge in [-0.15, -0.1) is 23.7 Å². The molecule has 0 aliphatic carbocycles. The number of rotatable bonds is 2. The van der Waals surface area contributed by atoms with Gasteiger partial charge in [-0.1, -0.05) is 5.16 Å². The van der Waals surface area contributed by atoms with Gasteiger partial charge in [-0.25, -0.2) is 0 Å². The van der Waals surface area contributed by atoms with Gasteiger partial charge in [-0.2, -0.15) is 4.98 Å². The molecule has 2 fully saturated rings. The minimum atomic E-state index is -0.201. The molecule has 1 N–H and O–H groups in total. The fourth-order valence-corrected chi connectivity index (χ4v) is 6.12. The Morgan fingerprint density at radius 2 is 2.17 bits per heavy atom. The largest absolute Gasteiger partial charge is 0.369 e. The molecule has 2 saturated heterocycles. The van der Waals surface area contributed by atoms with Crippen molar-refractivity contribution in [1.29, 1.82) is 0 Å². The number of nitrogens with zero attached hydrogens (tertiary/aromatic N) is 3. The van der Waals surface area contributed by atoms with E-state index in [9.17, 15) is 4.79 Å². The van der Waals surface area contributed by atoms with Crippen molar-refractivity contribution in [2.24, 2.45) is 0 Å². The van der Waals surface area contributed by atoms with E-state index >= 15 is 0 Å². The Kier molecular flexibility index (Phi) is 5.97. The van der Waals surface area contributed by atoms with Crippen LogP contribution in [0.1, 0.15) is 70.0 Å². The van der Waals surface area contributed by atoms with Gasteiger partial charge in [0.2, 0.25) is 5.89 Å². The molecule has 1 unspecified atom stereocenters. The van der Waals surface area contributed by atoms with E-state index in [1.165, 1.54) is 10.4 Å². The minimum absolute atomic E-state index is 0. The fraction of sp³-hybridized carbons (Fsp3) is 0.650. The normalized spacial score (nSPS) is 23.5. The molecule has 1 amide bonds. The predicted octanol–water partition coefficient (Wildman–Crippen LogP) is 3.38. The maximum atomic E-state index is 13.5. The van der Waals surface area contributed by atoms with E-state index in [2.05, 4.69) is 21.5 Å². The van der Waals surface area contributed by atoms with Gasteiger partial charge < -0.3 is 19.5 Å². The number of carbonyl (C=O) groups excluding carboxylic acids is 1. The Bertz CT molecular complexity index is 877. The second kappa shape index (κ2) is 8.34. The molecule has 3 aliphatic rings. The summed E-state index contributed by atoms with van der Waals surface area (Å²) in [7, 11) is 0. The van der Waals surface area contributed by atoms with Crippen LogP contribution >= 0.6 is 23.7 Å². The third kappa shape index (κ3) is 3.71. The fourth-order valence-electron chi connectivity index (χ4n) is 4.75. The quantitative estimate of drug-likeness (QED) is 0.774. The van der Waals surface area contributed by atoms with Crippen LogP contribution in [-0.4, -0.2) is 47.2 Å². The van der Waals surface area contributed by atoms with Crippen molar-refractivity contribution in [3.8, 4) is 0 Å². The molecule has 1 spiro atoms. The Morgan fingerprint density at radius 1 is 1.34 bits per heavy atom. The van der Waals surface area contributed by atoms with Gasteiger partial charge in [0.15, 0.2) is 5.82 Å². The van der Waals surface area contributed by atoms with Crippen LogP contribution in [0.5, 0.6) is 0 Å². The van der Waals surface area contributed by atoms with Gasteiger partial charge in [0.05, 0.1) is 11.5 Å². The molecule has 5 heterocycles. The van der Waals surface area contributed by atoms with Crippen LogP contribution in [0.3, 0.4) is 0 Å². The highest BCUT2D eigenvalue weighted by Crippen LogP contribution is 2.45. The lowest BCUT2D eigenvalue weighted by Gasteiger charge is -2.40. The van der Waals surface area contributed by atoms with Crippen molar-refractivity contribution in [2.75, 3.05) is 26.2 Å². The van der Waals surface area contributed by atoms with E-state index < -0.39 is 0 Å². The molecule has 0 bridgehead atoms. The lowest BCUT2D eigenvalue weighted by atomic mass is 9.86. The predicted molar refractivity (Wildman–Crippen MR) is 112 cm³/mol. The molecule has 3 aliphatic heterocycles. The highest BCUT2D eigenvalue weighted by Gasteiger charge is 2.42. The third-order valence-electron chi connectivity index (χ3n) is 6.19. The van der Waals surface area contributed by atoms with Gasteiger partial charge in [0.1, 0.15) is 11.6 Å². The summed E-state index contributed by atoms with van der Waals surface area (Å²) in [5, 5.41) is 7.34. The lowest BCUT2D eigenvalue weighted by molar-refractivity contribution is -0.0771. The van der Waals surface area contributed by atoms with Gasteiger partial charge in [-0.05, 0) is 70.2 Å². The molecule has 0 saturated carbocycles. The summed E-state index contributed by atoms with van der Waals surface area (Å²) >= 11 is 1.63. The van der Waals surface area contributed by atoms with Crippen LogP contribution in [0, 0.1) is 6.92 Å². The van der Waals surface area contributed by atoms with Crippen LogP contribution in [0.25, 0.3) is 0 Å². The molecule has 29 heavy (non-hydrogen) atoms. The van der Waals surface area contributed by atoms with Gasteiger partial charge in [-0.3, -0.25) is 4.79 Å². The summed E-state index contributed by atoms with van der Waals surface area (Å²) < 4.78 is 11.7. The zero-order valence-corrected chi connectivity index (χ0v) is 18.2. The summed E-state index contributed by atoms with van der Waals surface area (Å²) in [5.41, 5.74) is 1.09. The third-order valence-corrected chi connectivity index (χ3v) is 7.54. The summed E-state index contributed by atoms with van der Waals surface area (Å²) in [5.74, 6) is 1.26. The number of carbonyl (C=O) groups is 1. The number of likely N-dealkylation sites (tertiary alicyclic amines) is 1. The molecule has 7 nitrogen and oxygen atoms in total. The van der Waals surface area contributed by atoms with Crippen LogP contribution in [-0.2, 0) is 16.8 Å². The average molecular weight is 439 g/mol. The van der Waals surface area contributed by atoms with Gasteiger partial charge in [0.25, 0.3) is 5.91 Å². The molecule has 2 aromatic heterocycles. The Hall–Kier alpha value is -1.48. The number of aromatic nitrogens is 2. The van der Waals surface area contributed by atoms with Crippen molar-refractivity contribution in [3.05, 3.63) is 33.1 Å². The first kappa shape index (κ1) is 20.8. The standard InChI is InChI=1S/C20H26N4O3S.ClH/c1-13-22-18(27-23-13)15-4-2-3-10-24(15)19(25)16-12-14-5-11-26-20(17(14)28-16)6-8-21-9-7-20;/h12,15,21H,2-11H2,1H3;1H. The zero-order valence-electron chi connectivity index (χ0n) is 16.6. The van der Waals surface area contributed by atoms with Crippen LogP contribution in [0.2, 0.25) is 0 Å². The van der Waals surface area contributed by atoms with Crippen LogP contribution < -0.4 is 5.32 Å². The lowest BCUT2D eigenvalue weighted by Crippen LogP contribution is -2.44. The highest BCUT2D eigenvalue weighted by molar-refractivity contribution is 7.14. The van der Waals surface area contributed by atoms with E-state index in [-0.39, 0.29) is 30.0 Å². The first-order valence-corrected chi connectivity index (χ1v) is 11.1. The second-order valence-electron chi connectivity index (χ2n) is 8.00. The number of aryl methyl sites for hydroxylation is 1. The van der Waals surface area contributed by atoms with Crippen LogP contribution in [0.15, 0.2) is 10.6 Å². The highest BCUT2D eigenvalue weighted by atomic mass is 35.5. The van der Waals surface area contributed by atoms with Gasteiger partial charge >= 0.3 is 0 Å². The molecule has 158 valence electrons. The Balaban J connectivity index is 0.00000205. The first-order chi connectivity index (χ1) is 13.7. The SMILES string of the molecule is Cc1noc(C2CCCCN2C(=O)c2cc3c(s2)C2(CCNCC2)OCC3)n1.Cl. The maximum Gasteiger partial charge on any atom is 0.264 e. The van der Waals surface area contributed by atoms with Crippen molar-refractivity contribution < 1.29 is 14.1 Å². The monoisotopic (exact) mass is 438 g/mol. The number of hydrogen-bond donors (Lipinski definition) is 1. The number of thiophene rings is 1. The van der Waals surface area contributed by atoms with E-state index in [1.54, 1.807) is 11.3 Å². The molecule has 9 heteroatoms. The number of hydrogen-bond acceptors (Lipinski definition) is 7. The van der Waals surface area contributed by atoms with E-state index in [0.717, 1.165) is 69.6 Å². The first-order valence-electron chi connectivity index (χ1n) is 10.3. The summed E-state index contributed by atoms with van der Waals surface area (Å²) in [4.78, 5) is 21.9. The number of amides is 1. The number of nitrogens with one attached hydrogen (secondary N) is 1. The smallest absolute Gasteiger partial charge is 0.264 e. The van der Waals surface area contributed by atoms with E-state index in [4.69, 9.17) is 9.26 Å². The molecular weight excluding hydrogens is 412 g/mol. The molecule has 0 aromatic carbocycles. The molecule has 0 radical (unpaired) electrons. The van der Waals surface area contributed by atoms with Gasteiger partial charge in [0, 0.05) is 11.4 Å². The minimum Gasteiger partial charge on any atom is -0.369 e. The molecular formula is C20H27ClN4O3S. The van der Waals surface area contributed by atoms with E-state index in [0.29, 0.717) is 11.7 Å². The zero-order chi connectivity index (χ0) is 19.1. The van der Waals surface area contributed by atoms with Crippen molar-refractivity contribution in [3.63, 3.8) is 0 Å². The topological polar surface area (TPSA) is 80.5 Å². The number of piperidine rings is 2. The second-order valence-corrected chi connectivity index (χ2v) is 9.05. The average Bonchev–Trinajstić information content (AvgIpc) is 3.36. The molecule has 2 aromatic rings. The summed E-state index contributed by atoms with van der Waals surface area (Å²) in [6, 6.07) is 1.99. The summed E-state index contributed by atoms with van der Waals surface area (Å²) in [6.07, 6.45) is 5.79. The van der Waals surface area contributed by atoms with Crippen molar-refractivity contribution in [1.82, 2.24) is 20.4 Å². The van der Waals surface area contributed by atoms with Crippen LogP contribution in [0.4, 0.5) is 0 Å². The van der Waals surface area contributed by atoms with Crippen molar-refractivity contribution >= 4 is 29.7 Å². The Labute approximate surface area is 180 Å². The number of ether oxygens (including phenoxy) is 1. The number of halogens is 1. The molecule has 5 rings (SSSR count).